The van der Waals surface area contributed by atoms with Crippen LogP contribution < -0.4 is 5.73 Å². The fourth-order valence-electron chi connectivity index (χ4n) is 1.95. The monoisotopic (exact) mass is 311 g/mol. The SMILES string of the molecule is CCOC(=O)[C@@H]([NH3+])Cc1c[nH]c2c(Br)cccc12. The zero-order chi connectivity index (χ0) is 13.1. The Labute approximate surface area is 114 Å². The van der Waals surface area contributed by atoms with Crippen LogP contribution in [0.25, 0.3) is 10.9 Å². The molecule has 5 heteroatoms. The second-order valence-electron chi connectivity index (χ2n) is 4.13. The van der Waals surface area contributed by atoms with E-state index < -0.39 is 0 Å². The Morgan fingerprint density at radius 1 is 1.56 bits per heavy atom. The largest absolute Gasteiger partial charge is 0.462 e. The number of H-pyrrole nitrogens is 1. The maximum absolute atomic E-state index is 11.6. The molecule has 1 aromatic carbocycles. The predicted molar refractivity (Wildman–Crippen MR) is 73.0 cm³/mol. The van der Waals surface area contributed by atoms with Gasteiger partial charge in [0.2, 0.25) is 0 Å². The highest BCUT2D eigenvalue weighted by Crippen LogP contribution is 2.26. The first-order chi connectivity index (χ1) is 8.63. The van der Waals surface area contributed by atoms with Gasteiger partial charge in [0.15, 0.2) is 6.04 Å². The highest BCUT2D eigenvalue weighted by atomic mass is 79.9. The average Bonchev–Trinajstić information content (AvgIpc) is 2.74. The van der Waals surface area contributed by atoms with Gasteiger partial charge in [-0.3, -0.25) is 0 Å². The van der Waals surface area contributed by atoms with Crippen molar-refractivity contribution in [3.05, 3.63) is 34.4 Å². The first-order valence-corrected chi connectivity index (χ1v) is 6.67. The number of quaternary nitrogens is 1. The highest BCUT2D eigenvalue weighted by molar-refractivity contribution is 9.10. The molecule has 1 atom stereocenters. The summed E-state index contributed by atoms with van der Waals surface area (Å²) in [5.74, 6) is -0.248. The first kappa shape index (κ1) is 13.1. The number of nitrogens with one attached hydrogen (secondary N) is 1. The lowest BCUT2D eigenvalue weighted by Crippen LogP contribution is -2.66. The van der Waals surface area contributed by atoms with Gasteiger partial charge >= 0.3 is 5.97 Å². The summed E-state index contributed by atoms with van der Waals surface area (Å²) in [4.78, 5) is 14.8. The van der Waals surface area contributed by atoms with E-state index in [1.807, 2.05) is 24.4 Å². The summed E-state index contributed by atoms with van der Waals surface area (Å²) in [6, 6.07) is 5.62. The normalized spacial score (nSPS) is 12.6. The summed E-state index contributed by atoms with van der Waals surface area (Å²) in [6.45, 7) is 2.19. The van der Waals surface area contributed by atoms with Crippen LogP contribution in [0.5, 0.6) is 0 Å². The lowest BCUT2D eigenvalue weighted by atomic mass is 10.1. The van der Waals surface area contributed by atoms with Gasteiger partial charge < -0.3 is 15.5 Å². The lowest BCUT2D eigenvalue weighted by molar-refractivity contribution is -0.407. The number of carbonyl (C=O) groups is 1. The van der Waals surface area contributed by atoms with E-state index in [1.54, 1.807) is 6.92 Å². The summed E-state index contributed by atoms with van der Waals surface area (Å²) in [7, 11) is 0. The Bertz CT molecular complexity index is 565. The average molecular weight is 312 g/mol. The fraction of sp³-hybridized carbons (Fsp3) is 0.308. The number of hydrogen-bond acceptors (Lipinski definition) is 2. The van der Waals surface area contributed by atoms with Gasteiger partial charge in [0.25, 0.3) is 0 Å². The van der Waals surface area contributed by atoms with Gasteiger partial charge in [-0.05, 0) is 34.5 Å². The Hall–Kier alpha value is -1.33. The molecule has 0 bridgehead atoms. The standard InChI is InChI=1S/C13H15BrN2O2/c1-2-18-13(17)11(15)6-8-7-16-12-9(8)4-3-5-10(12)14/h3-5,7,11,16H,2,6,15H2,1H3/p+1/t11-/m0/s1. The number of rotatable bonds is 4. The van der Waals surface area contributed by atoms with Gasteiger partial charge in [0.05, 0.1) is 12.1 Å². The summed E-state index contributed by atoms with van der Waals surface area (Å²) >= 11 is 3.49. The van der Waals surface area contributed by atoms with E-state index in [0.29, 0.717) is 13.0 Å². The smallest absolute Gasteiger partial charge is 0.365 e. The fourth-order valence-corrected chi connectivity index (χ4v) is 2.43. The third kappa shape index (κ3) is 2.57. The second-order valence-corrected chi connectivity index (χ2v) is 4.98. The number of para-hydroxylation sites is 1. The molecule has 4 nitrogen and oxygen atoms in total. The van der Waals surface area contributed by atoms with Crippen LogP contribution in [0.3, 0.4) is 0 Å². The topological polar surface area (TPSA) is 69.7 Å². The van der Waals surface area contributed by atoms with Crippen LogP contribution in [0, 0.1) is 0 Å². The summed E-state index contributed by atoms with van der Waals surface area (Å²) < 4.78 is 5.98. The van der Waals surface area contributed by atoms with Crippen LogP contribution in [0.2, 0.25) is 0 Å². The molecule has 18 heavy (non-hydrogen) atoms. The lowest BCUT2D eigenvalue weighted by Gasteiger charge is -2.06. The molecular weight excluding hydrogens is 296 g/mol. The molecular formula is C13H16BrN2O2+. The van der Waals surface area contributed by atoms with Crippen molar-refractivity contribution in [2.75, 3.05) is 6.61 Å². The van der Waals surface area contributed by atoms with Crippen molar-refractivity contribution in [2.24, 2.45) is 0 Å². The van der Waals surface area contributed by atoms with Crippen molar-refractivity contribution in [3.63, 3.8) is 0 Å². The number of benzene rings is 1. The molecule has 0 radical (unpaired) electrons. The molecule has 0 aliphatic carbocycles. The van der Waals surface area contributed by atoms with Crippen molar-refractivity contribution in [3.8, 4) is 0 Å². The van der Waals surface area contributed by atoms with Gasteiger partial charge in [0, 0.05) is 22.5 Å². The quantitative estimate of drug-likeness (QED) is 0.843. The zero-order valence-electron chi connectivity index (χ0n) is 10.2. The molecule has 0 spiro atoms. The number of aromatic amines is 1. The minimum atomic E-state index is -0.372. The maximum atomic E-state index is 11.6. The number of aromatic nitrogens is 1. The Morgan fingerprint density at radius 2 is 2.33 bits per heavy atom. The molecule has 0 aliphatic heterocycles. The minimum Gasteiger partial charge on any atom is -0.462 e. The maximum Gasteiger partial charge on any atom is 0.365 e. The first-order valence-electron chi connectivity index (χ1n) is 5.87. The van der Waals surface area contributed by atoms with Crippen LogP contribution in [0.4, 0.5) is 0 Å². The number of esters is 1. The van der Waals surface area contributed by atoms with Crippen molar-refractivity contribution in [1.29, 1.82) is 0 Å². The predicted octanol–water partition coefficient (Wildman–Crippen LogP) is 1.65. The number of ether oxygens (including phenoxy) is 1. The molecule has 1 aromatic heterocycles. The molecule has 0 fully saturated rings. The zero-order valence-corrected chi connectivity index (χ0v) is 11.8. The van der Waals surface area contributed by atoms with E-state index in [2.05, 4.69) is 26.6 Å². The van der Waals surface area contributed by atoms with Crippen molar-refractivity contribution < 1.29 is 15.3 Å². The molecule has 0 saturated carbocycles. The Balaban J connectivity index is 2.22. The van der Waals surface area contributed by atoms with Gasteiger partial charge in [-0.2, -0.15) is 0 Å². The third-order valence-electron chi connectivity index (χ3n) is 2.84. The molecule has 0 unspecified atom stereocenters. The van der Waals surface area contributed by atoms with Gasteiger partial charge in [-0.1, -0.05) is 12.1 Å². The van der Waals surface area contributed by atoms with E-state index in [1.165, 1.54) is 0 Å². The van der Waals surface area contributed by atoms with E-state index in [-0.39, 0.29) is 12.0 Å². The van der Waals surface area contributed by atoms with E-state index in [0.717, 1.165) is 20.9 Å². The van der Waals surface area contributed by atoms with E-state index in [4.69, 9.17) is 4.74 Å². The van der Waals surface area contributed by atoms with Crippen LogP contribution in [-0.2, 0) is 16.0 Å². The van der Waals surface area contributed by atoms with Crippen molar-refractivity contribution >= 4 is 32.8 Å². The number of fused-ring (bicyclic) bond motifs is 1. The summed E-state index contributed by atoms with van der Waals surface area (Å²) in [5, 5.41) is 1.11. The van der Waals surface area contributed by atoms with Gasteiger partial charge in [0.1, 0.15) is 0 Å². The van der Waals surface area contributed by atoms with Crippen LogP contribution >= 0.6 is 15.9 Å². The number of hydrogen-bond donors (Lipinski definition) is 2. The molecule has 2 rings (SSSR count). The Kier molecular flexibility index (Phi) is 4.04. The number of halogens is 1. The van der Waals surface area contributed by atoms with Gasteiger partial charge in [-0.15, -0.1) is 0 Å². The summed E-state index contributed by atoms with van der Waals surface area (Å²) in [6.07, 6.45) is 2.50. The second kappa shape index (κ2) is 5.54. The van der Waals surface area contributed by atoms with Crippen molar-refractivity contribution in [1.82, 2.24) is 4.98 Å². The van der Waals surface area contributed by atoms with Crippen LogP contribution in [0.15, 0.2) is 28.9 Å². The van der Waals surface area contributed by atoms with Crippen molar-refractivity contribution in [2.45, 2.75) is 19.4 Å². The highest BCUT2D eigenvalue weighted by Gasteiger charge is 2.20. The molecule has 4 N–H and O–H groups in total. The molecule has 1 heterocycles. The van der Waals surface area contributed by atoms with E-state index >= 15 is 0 Å². The Morgan fingerprint density at radius 3 is 3.06 bits per heavy atom. The molecule has 0 saturated heterocycles. The van der Waals surface area contributed by atoms with E-state index in [9.17, 15) is 4.79 Å². The number of carbonyl (C=O) groups excluding carboxylic acids is 1. The molecule has 96 valence electrons. The molecule has 0 aliphatic rings. The molecule has 2 aromatic rings. The minimum absolute atomic E-state index is 0.248. The third-order valence-corrected chi connectivity index (χ3v) is 3.50. The summed E-state index contributed by atoms with van der Waals surface area (Å²) in [5.41, 5.74) is 5.99. The van der Waals surface area contributed by atoms with Crippen LogP contribution in [-0.4, -0.2) is 23.6 Å². The van der Waals surface area contributed by atoms with Gasteiger partial charge in [-0.25, -0.2) is 4.79 Å². The van der Waals surface area contributed by atoms with Crippen LogP contribution in [0.1, 0.15) is 12.5 Å². The molecule has 0 amide bonds.